The molecule has 0 saturated carbocycles. The van der Waals surface area contributed by atoms with Crippen molar-refractivity contribution in [1.29, 1.82) is 0 Å². The zero-order valence-electron chi connectivity index (χ0n) is 13.0. The standard InChI is InChI=1S/C19H19NO2/c1-12-8-9-16(13(2)10-12)14(3)20-19(21)18-11-15-6-4-5-7-17(15)22-18/h4-11,14H,1-3H3,(H,20,21)/t14-/m0/s1. The van der Waals surface area contributed by atoms with Gasteiger partial charge < -0.3 is 9.73 Å². The van der Waals surface area contributed by atoms with E-state index in [-0.39, 0.29) is 11.9 Å². The number of fused-ring (bicyclic) bond motifs is 1. The van der Waals surface area contributed by atoms with E-state index >= 15 is 0 Å². The van der Waals surface area contributed by atoms with E-state index in [9.17, 15) is 4.79 Å². The van der Waals surface area contributed by atoms with Crippen molar-refractivity contribution in [2.45, 2.75) is 26.8 Å². The molecule has 0 unspecified atom stereocenters. The van der Waals surface area contributed by atoms with Crippen molar-refractivity contribution in [3.8, 4) is 0 Å². The SMILES string of the molecule is Cc1ccc([C@H](C)NC(=O)c2cc3ccccc3o2)c(C)c1. The average molecular weight is 293 g/mol. The second kappa shape index (κ2) is 5.68. The van der Waals surface area contributed by atoms with Crippen LogP contribution in [0.2, 0.25) is 0 Å². The highest BCUT2D eigenvalue weighted by molar-refractivity contribution is 5.96. The number of hydrogen-bond acceptors (Lipinski definition) is 2. The molecule has 3 aromatic rings. The van der Waals surface area contributed by atoms with Crippen LogP contribution in [0.4, 0.5) is 0 Å². The molecule has 1 heterocycles. The fraction of sp³-hybridized carbons (Fsp3) is 0.211. The van der Waals surface area contributed by atoms with Gasteiger partial charge in [-0.05, 0) is 44.0 Å². The number of benzene rings is 2. The summed E-state index contributed by atoms with van der Waals surface area (Å²) in [6, 6.07) is 15.6. The van der Waals surface area contributed by atoms with Gasteiger partial charge in [0, 0.05) is 5.39 Å². The summed E-state index contributed by atoms with van der Waals surface area (Å²) >= 11 is 0. The monoisotopic (exact) mass is 293 g/mol. The summed E-state index contributed by atoms with van der Waals surface area (Å²) in [5.41, 5.74) is 4.25. The van der Waals surface area contributed by atoms with E-state index in [1.54, 1.807) is 6.07 Å². The normalized spacial score (nSPS) is 12.3. The van der Waals surface area contributed by atoms with Gasteiger partial charge in [-0.15, -0.1) is 0 Å². The van der Waals surface area contributed by atoms with E-state index in [2.05, 4.69) is 37.4 Å². The van der Waals surface area contributed by atoms with Gasteiger partial charge in [-0.2, -0.15) is 0 Å². The minimum Gasteiger partial charge on any atom is -0.451 e. The Balaban J connectivity index is 1.81. The van der Waals surface area contributed by atoms with Crippen molar-refractivity contribution in [2.24, 2.45) is 0 Å². The fourth-order valence-electron chi connectivity index (χ4n) is 2.75. The predicted molar refractivity (Wildman–Crippen MR) is 88.0 cm³/mol. The molecule has 3 rings (SSSR count). The molecule has 22 heavy (non-hydrogen) atoms. The zero-order chi connectivity index (χ0) is 15.7. The number of para-hydroxylation sites is 1. The molecule has 0 bridgehead atoms. The lowest BCUT2D eigenvalue weighted by atomic mass is 10.0. The quantitative estimate of drug-likeness (QED) is 0.770. The van der Waals surface area contributed by atoms with Gasteiger partial charge in [0.25, 0.3) is 5.91 Å². The molecule has 0 spiro atoms. The summed E-state index contributed by atoms with van der Waals surface area (Å²) in [6.45, 7) is 6.11. The van der Waals surface area contributed by atoms with E-state index in [0.717, 1.165) is 16.5 Å². The Bertz CT molecular complexity index is 799. The molecule has 1 N–H and O–H groups in total. The number of carbonyl (C=O) groups is 1. The first-order valence-corrected chi connectivity index (χ1v) is 7.41. The van der Waals surface area contributed by atoms with Crippen LogP contribution in [-0.4, -0.2) is 5.91 Å². The van der Waals surface area contributed by atoms with E-state index in [4.69, 9.17) is 4.42 Å². The number of nitrogens with one attached hydrogen (secondary N) is 1. The van der Waals surface area contributed by atoms with Crippen molar-refractivity contribution < 1.29 is 9.21 Å². The molecule has 3 nitrogen and oxygen atoms in total. The van der Waals surface area contributed by atoms with Gasteiger partial charge in [-0.1, -0.05) is 42.0 Å². The molecule has 0 aliphatic heterocycles. The minimum atomic E-state index is -0.191. The van der Waals surface area contributed by atoms with Crippen molar-refractivity contribution in [1.82, 2.24) is 5.32 Å². The van der Waals surface area contributed by atoms with Crippen LogP contribution in [0.5, 0.6) is 0 Å². The highest BCUT2D eigenvalue weighted by Gasteiger charge is 2.16. The fourth-order valence-corrected chi connectivity index (χ4v) is 2.75. The summed E-state index contributed by atoms with van der Waals surface area (Å²) in [5.74, 6) is 0.154. The van der Waals surface area contributed by atoms with E-state index < -0.39 is 0 Å². The summed E-state index contributed by atoms with van der Waals surface area (Å²) in [6.07, 6.45) is 0. The van der Waals surface area contributed by atoms with Gasteiger partial charge in [-0.25, -0.2) is 0 Å². The molecule has 1 atom stereocenters. The van der Waals surface area contributed by atoms with Crippen LogP contribution >= 0.6 is 0 Å². The Kier molecular flexibility index (Phi) is 3.72. The minimum absolute atomic E-state index is 0.0682. The number of carbonyl (C=O) groups excluding carboxylic acids is 1. The summed E-state index contributed by atoms with van der Waals surface area (Å²) in [7, 11) is 0. The zero-order valence-corrected chi connectivity index (χ0v) is 13.0. The van der Waals surface area contributed by atoms with Gasteiger partial charge in [-0.3, -0.25) is 4.79 Å². The predicted octanol–water partition coefficient (Wildman–Crippen LogP) is 4.54. The first-order chi connectivity index (χ1) is 10.5. The van der Waals surface area contributed by atoms with Crippen molar-refractivity contribution in [3.63, 3.8) is 0 Å². The number of hydrogen-bond donors (Lipinski definition) is 1. The number of amides is 1. The van der Waals surface area contributed by atoms with E-state index in [1.807, 2.05) is 31.2 Å². The Hall–Kier alpha value is -2.55. The summed E-state index contributed by atoms with van der Waals surface area (Å²) in [4.78, 5) is 12.4. The second-order valence-corrected chi connectivity index (χ2v) is 5.70. The summed E-state index contributed by atoms with van der Waals surface area (Å²) in [5, 5.41) is 3.94. The Morgan fingerprint density at radius 3 is 2.59 bits per heavy atom. The topological polar surface area (TPSA) is 42.2 Å². The second-order valence-electron chi connectivity index (χ2n) is 5.70. The largest absolute Gasteiger partial charge is 0.451 e. The molecule has 0 aliphatic carbocycles. The maximum Gasteiger partial charge on any atom is 0.287 e. The lowest BCUT2D eigenvalue weighted by molar-refractivity contribution is 0.0914. The van der Waals surface area contributed by atoms with Crippen molar-refractivity contribution in [2.75, 3.05) is 0 Å². The third-order valence-corrected chi connectivity index (χ3v) is 3.89. The highest BCUT2D eigenvalue weighted by Crippen LogP contribution is 2.21. The first kappa shape index (κ1) is 14.4. The van der Waals surface area contributed by atoms with Crippen LogP contribution < -0.4 is 5.32 Å². The number of aryl methyl sites for hydroxylation is 2. The van der Waals surface area contributed by atoms with Crippen LogP contribution in [0.1, 0.15) is 40.2 Å². The Morgan fingerprint density at radius 2 is 1.86 bits per heavy atom. The molecule has 1 aromatic heterocycles. The Morgan fingerprint density at radius 1 is 1.09 bits per heavy atom. The third-order valence-electron chi connectivity index (χ3n) is 3.89. The Labute approximate surface area is 130 Å². The maximum atomic E-state index is 12.4. The maximum absolute atomic E-state index is 12.4. The molecule has 1 amide bonds. The van der Waals surface area contributed by atoms with Gasteiger partial charge in [0.1, 0.15) is 5.58 Å². The van der Waals surface area contributed by atoms with Gasteiger partial charge >= 0.3 is 0 Å². The van der Waals surface area contributed by atoms with Crippen molar-refractivity contribution >= 4 is 16.9 Å². The van der Waals surface area contributed by atoms with E-state index in [0.29, 0.717) is 5.76 Å². The van der Waals surface area contributed by atoms with Crippen LogP contribution in [0.3, 0.4) is 0 Å². The molecule has 2 aromatic carbocycles. The molecule has 0 aliphatic rings. The average Bonchev–Trinajstić information content (AvgIpc) is 2.91. The third kappa shape index (κ3) is 2.75. The lowest BCUT2D eigenvalue weighted by Crippen LogP contribution is -2.26. The van der Waals surface area contributed by atoms with Crippen molar-refractivity contribution in [3.05, 3.63) is 71.0 Å². The molecule has 0 radical (unpaired) electrons. The molecule has 0 saturated heterocycles. The lowest BCUT2D eigenvalue weighted by Gasteiger charge is -2.16. The molecule has 112 valence electrons. The van der Waals surface area contributed by atoms with Gasteiger partial charge in [0.2, 0.25) is 0 Å². The van der Waals surface area contributed by atoms with Crippen LogP contribution in [0.15, 0.2) is 52.9 Å². The molecule has 3 heteroatoms. The molecular formula is C19H19NO2. The number of rotatable bonds is 3. The highest BCUT2D eigenvalue weighted by atomic mass is 16.3. The smallest absolute Gasteiger partial charge is 0.287 e. The molecule has 0 fully saturated rings. The van der Waals surface area contributed by atoms with Crippen LogP contribution in [-0.2, 0) is 0 Å². The van der Waals surface area contributed by atoms with Crippen LogP contribution in [0, 0.1) is 13.8 Å². The number of furan rings is 1. The summed E-state index contributed by atoms with van der Waals surface area (Å²) < 4.78 is 5.60. The van der Waals surface area contributed by atoms with Gasteiger partial charge in [0.05, 0.1) is 6.04 Å². The van der Waals surface area contributed by atoms with Crippen LogP contribution in [0.25, 0.3) is 11.0 Å². The molecular weight excluding hydrogens is 274 g/mol. The first-order valence-electron chi connectivity index (χ1n) is 7.41. The van der Waals surface area contributed by atoms with E-state index in [1.165, 1.54) is 11.1 Å². The van der Waals surface area contributed by atoms with Gasteiger partial charge in [0.15, 0.2) is 5.76 Å².